The smallest absolute Gasteiger partial charge is 0.0914 e. The van der Waals surface area contributed by atoms with E-state index in [2.05, 4.69) is 36.5 Å². The van der Waals surface area contributed by atoms with Crippen molar-refractivity contribution in [3.05, 3.63) is 71.3 Å². The molecule has 2 rings (SSSR count). The number of nitrogens with one attached hydrogen (secondary N) is 1. The van der Waals surface area contributed by atoms with Gasteiger partial charge in [0.1, 0.15) is 0 Å². The Morgan fingerprint density at radius 3 is 2.56 bits per heavy atom. The molecule has 1 atom stereocenters. The van der Waals surface area contributed by atoms with Crippen molar-refractivity contribution in [1.82, 2.24) is 5.32 Å². The minimum absolute atomic E-state index is 0.448. The zero-order valence-electron chi connectivity index (χ0n) is 10.6. The maximum atomic E-state index is 9.99. The molecule has 0 spiro atoms. The molecular weight excluding hydrogens is 222 g/mol. The van der Waals surface area contributed by atoms with Gasteiger partial charge < -0.3 is 10.4 Å². The molecule has 0 aliphatic rings. The van der Waals surface area contributed by atoms with Gasteiger partial charge in [-0.15, -0.1) is 0 Å². The Balaban J connectivity index is 1.82. The van der Waals surface area contributed by atoms with E-state index >= 15 is 0 Å². The van der Waals surface area contributed by atoms with Crippen molar-refractivity contribution in [2.75, 3.05) is 6.54 Å². The monoisotopic (exact) mass is 241 g/mol. The van der Waals surface area contributed by atoms with Crippen LogP contribution in [0, 0.1) is 6.92 Å². The second-order valence-corrected chi connectivity index (χ2v) is 4.55. The first-order valence-corrected chi connectivity index (χ1v) is 6.25. The first-order chi connectivity index (χ1) is 8.75. The molecule has 0 heterocycles. The van der Waals surface area contributed by atoms with Crippen molar-refractivity contribution < 1.29 is 5.11 Å². The molecule has 2 nitrogen and oxygen atoms in total. The first kappa shape index (κ1) is 12.8. The van der Waals surface area contributed by atoms with Gasteiger partial charge in [0.25, 0.3) is 0 Å². The van der Waals surface area contributed by atoms with Crippen molar-refractivity contribution in [3.8, 4) is 0 Å². The highest BCUT2D eigenvalue weighted by Gasteiger charge is 2.05. The normalized spacial score (nSPS) is 12.3. The number of aryl methyl sites for hydroxylation is 1. The Morgan fingerprint density at radius 1 is 1.06 bits per heavy atom. The third-order valence-electron chi connectivity index (χ3n) is 2.93. The van der Waals surface area contributed by atoms with Gasteiger partial charge in [0.05, 0.1) is 6.10 Å². The average molecular weight is 241 g/mol. The number of benzene rings is 2. The molecule has 0 saturated heterocycles. The fourth-order valence-corrected chi connectivity index (χ4v) is 1.97. The molecule has 0 aliphatic carbocycles. The van der Waals surface area contributed by atoms with Gasteiger partial charge in [-0.3, -0.25) is 0 Å². The summed E-state index contributed by atoms with van der Waals surface area (Å²) in [6.07, 6.45) is -0.448. The Kier molecular flexibility index (Phi) is 4.51. The van der Waals surface area contributed by atoms with Crippen molar-refractivity contribution in [3.63, 3.8) is 0 Å². The molecule has 94 valence electrons. The molecule has 0 aromatic heterocycles. The molecule has 2 aromatic carbocycles. The second-order valence-electron chi connectivity index (χ2n) is 4.55. The fourth-order valence-electron chi connectivity index (χ4n) is 1.97. The van der Waals surface area contributed by atoms with Crippen LogP contribution >= 0.6 is 0 Å². The van der Waals surface area contributed by atoms with Gasteiger partial charge in [-0.05, 0) is 18.1 Å². The highest BCUT2D eigenvalue weighted by molar-refractivity contribution is 5.22. The standard InChI is InChI=1S/C16H19NO/c1-13-6-5-7-14(10-13)11-17-12-16(18)15-8-3-2-4-9-15/h2-10,16-18H,11-12H2,1H3/t16-/m0/s1. The molecule has 2 heteroatoms. The summed E-state index contributed by atoms with van der Waals surface area (Å²) in [4.78, 5) is 0. The van der Waals surface area contributed by atoms with E-state index in [1.807, 2.05) is 30.3 Å². The first-order valence-electron chi connectivity index (χ1n) is 6.25. The SMILES string of the molecule is Cc1cccc(CNC[C@H](O)c2ccccc2)c1. The Bertz CT molecular complexity index is 481. The predicted molar refractivity (Wildman–Crippen MR) is 74.3 cm³/mol. The van der Waals surface area contributed by atoms with Crippen LogP contribution in [0.3, 0.4) is 0 Å². The number of aliphatic hydroxyl groups excluding tert-OH is 1. The summed E-state index contributed by atoms with van der Waals surface area (Å²) < 4.78 is 0. The zero-order valence-corrected chi connectivity index (χ0v) is 10.6. The van der Waals surface area contributed by atoms with Crippen molar-refractivity contribution in [2.45, 2.75) is 19.6 Å². The predicted octanol–water partition coefficient (Wildman–Crippen LogP) is 2.82. The van der Waals surface area contributed by atoms with Gasteiger partial charge in [0.2, 0.25) is 0 Å². The van der Waals surface area contributed by atoms with Gasteiger partial charge >= 0.3 is 0 Å². The lowest BCUT2D eigenvalue weighted by molar-refractivity contribution is 0.174. The Morgan fingerprint density at radius 2 is 1.83 bits per heavy atom. The van der Waals surface area contributed by atoms with Crippen molar-refractivity contribution in [2.24, 2.45) is 0 Å². The summed E-state index contributed by atoms with van der Waals surface area (Å²) in [6, 6.07) is 18.1. The third kappa shape index (κ3) is 3.69. The summed E-state index contributed by atoms with van der Waals surface area (Å²) in [5.41, 5.74) is 3.46. The van der Waals surface area contributed by atoms with Crippen LogP contribution < -0.4 is 5.32 Å². The van der Waals surface area contributed by atoms with E-state index in [1.54, 1.807) is 0 Å². The Labute approximate surface area is 108 Å². The van der Waals surface area contributed by atoms with E-state index in [0.29, 0.717) is 6.54 Å². The summed E-state index contributed by atoms with van der Waals surface area (Å²) in [5.74, 6) is 0. The van der Waals surface area contributed by atoms with Gasteiger partial charge in [-0.2, -0.15) is 0 Å². The number of hydrogen-bond donors (Lipinski definition) is 2. The van der Waals surface area contributed by atoms with E-state index in [0.717, 1.165) is 12.1 Å². The topological polar surface area (TPSA) is 32.3 Å². The van der Waals surface area contributed by atoms with Crippen LogP contribution in [0.4, 0.5) is 0 Å². The highest BCUT2D eigenvalue weighted by Crippen LogP contribution is 2.11. The Hall–Kier alpha value is -1.64. The van der Waals surface area contributed by atoms with Gasteiger partial charge in [0.15, 0.2) is 0 Å². The van der Waals surface area contributed by atoms with Crippen LogP contribution in [0.15, 0.2) is 54.6 Å². The molecule has 0 bridgehead atoms. The largest absolute Gasteiger partial charge is 0.387 e. The van der Waals surface area contributed by atoms with E-state index in [9.17, 15) is 5.11 Å². The quantitative estimate of drug-likeness (QED) is 0.843. The number of hydrogen-bond acceptors (Lipinski definition) is 2. The number of rotatable bonds is 5. The average Bonchev–Trinajstić information content (AvgIpc) is 2.40. The molecule has 0 radical (unpaired) electrons. The van der Waals surface area contributed by atoms with Crippen LogP contribution in [0.1, 0.15) is 22.8 Å². The molecule has 0 saturated carbocycles. The van der Waals surface area contributed by atoms with Crippen LogP contribution in [-0.4, -0.2) is 11.7 Å². The van der Waals surface area contributed by atoms with Gasteiger partial charge in [-0.1, -0.05) is 60.2 Å². The minimum Gasteiger partial charge on any atom is -0.387 e. The summed E-state index contributed by atoms with van der Waals surface area (Å²) in [6.45, 7) is 3.44. The summed E-state index contributed by atoms with van der Waals surface area (Å²) in [7, 11) is 0. The van der Waals surface area contributed by atoms with Crippen LogP contribution in [0.25, 0.3) is 0 Å². The van der Waals surface area contributed by atoms with E-state index in [1.165, 1.54) is 11.1 Å². The molecule has 0 unspecified atom stereocenters. The lowest BCUT2D eigenvalue weighted by Crippen LogP contribution is -2.21. The molecular formula is C16H19NO. The minimum atomic E-state index is -0.448. The number of aliphatic hydroxyl groups is 1. The van der Waals surface area contributed by atoms with E-state index in [4.69, 9.17) is 0 Å². The molecule has 0 amide bonds. The molecule has 0 aliphatic heterocycles. The van der Waals surface area contributed by atoms with E-state index < -0.39 is 6.10 Å². The van der Waals surface area contributed by atoms with Crippen molar-refractivity contribution >= 4 is 0 Å². The maximum Gasteiger partial charge on any atom is 0.0914 e. The van der Waals surface area contributed by atoms with Crippen LogP contribution in [0.2, 0.25) is 0 Å². The zero-order chi connectivity index (χ0) is 12.8. The van der Waals surface area contributed by atoms with Gasteiger partial charge in [0, 0.05) is 13.1 Å². The molecule has 2 N–H and O–H groups in total. The lowest BCUT2D eigenvalue weighted by Gasteiger charge is -2.12. The summed E-state index contributed by atoms with van der Waals surface area (Å²) in [5, 5.41) is 13.3. The third-order valence-corrected chi connectivity index (χ3v) is 2.93. The second kappa shape index (κ2) is 6.34. The molecule has 18 heavy (non-hydrogen) atoms. The van der Waals surface area contributed by atoms with Gasteiger partial charge in [-0.25, -0.2) is 0 Å². The fraction of sp³-hybridized carbons (Fsp3) is 0.250. The van der Waals surface area contributed by atoms with Crippen LogP contribution in [0.5, 0.6) is 0 Å². The van der Waals surface area contributed by atoms with Crippen LogP contribution in [-0.2, 0) is 6.54 Å². The van der Waals surface area contributed by atoms with E-state index in [-0.39, 0.29) is 0 Å². The maximum absolute atomic E-state index is 9.99. The molecule has 2 aromatic rings. The molecule has 0 fully saturated rings. The highest BCUT2D eigenvalue weighted by atomic mass is 16.3. The lowest BCUT2D eigenvalue weighted by atomic mass is 10.1. The summed E-state index contributed by atoms with van der Waals surface area (Å²) >= 11 is 0. The van der Waals surface area contributed by atoms with Crippen molar-refractivity contribution in [1.29, 1.82) is 0 Å².